The molecule has 0 saturated heterocycles. The number of fused-ring (bicyclic) bond motifs is 2. The molecule has 0 radical (unpaired) electrons. The molecule has 3 rings (SSSR count). The lowest BCUT2D eigenvalue weighted by Crippen LogP contribution is -2.18. The predicted octanol–water partition coefficient (Wildman–Crippen LogP) is 3.72. The topological polar surface area (TPSA) is 12.4 Å². The van der Waals surface area contributed by atoms with Crippen molar-refractivity contribution in [1.29, 1.82) is 0 Å². The summed E-state index contributed by atoms with van der Waals surface area (Å²) in [6.07, 6.45) is 18.1. The lowest BCUT2D eigenvalue weighted by Gasteiger charge is -2.12. The number of rotatable bonds is 0. The van der Waals surface area contributed by atoms with E-state index < -0.39 is 0 Å². The summed E-state index contributed by atoms with van der Waals surface area (Å²) in [4.78, 5) is 5.04. The number of alkyl halides is 1. The Kier molecular flexibility index (Phi) is 2.52. The summed E-state index contributed by atoms with van der Waals surface area (Å²) in [6.45, 7) is 0. The van der Waals surface area contributed by atoms with E-state index in [4.69, 9.17) is 4.99 Å². The van der Waals surface area contributed by atoms with E-state index in [-0.39, 0.29) is 4.83 Å². The van der Waals surface area contributed by atoms with Gasteiger partial charge in [0.1, 0.15) is 0 Å². The van der Waals surface area contributed by atoms with Crippen molar-refractivity contribution in [3.8, 4) is 0 Å². The van der Waals surface area contributed by atoms with Crippen LogP contribution in [0.15, 0.2) is 64.9 Å². The molecule has 0 bridgehead atoms. The van der Waals surface area contributed by atoms with Gasteiger partial charge in [-0.15, -0.1) is 0 Å². The Hall–Kier alpha value is -1.15. The van der Waals surface area contributed by atoms with Gasteiger partial charge in [0, 0.05) is 23.7 Å². The van der Waals surface area contributed by atoms with Crippen LogP contribution in [-0.4, -0.2) is 10.5 Å². The van der Waals surface area contributed by atoms with Crippen LogP contribution < -0.4 is 0 Å². The third-order valence-corrected chi connectivity index (χ3v) is 3.84. The Bertz CT molecular complexity index is 489. The molecule has 0 aromatic rings. The van der Waals surface area contributed by atoms with Crippen LogP contribution in [0.25, 0.3) is 0 Å². The maximum atomic E-state index is 4.78. The molecule has 1 nitrogen and oxygen atoms in total. The van der Waals surface area contributed by atoms with Crippen molar-refractivity contribution in [2.24, 2.45) is 10.9 Å². The molecule has 2 aliphatic carbocycles. The number of hydrogen-bond donors (Lipinski definition) is 0. The van der Waals surface area contributed by atoms with Gasteiger partial charge in [-0.3, -0.25) is 4.99 Å². The van der Waals surface area contributed by atoms with E-state index in [0.29, 0.717) is 5.92 Å². The van der Waals surface area contributed by atoms with Crippen LogP contribution in [0.2, 0.25) is 0 Å². The molecule has 2 unspecified atom stereocenters. The number of allylic oxidation sites excluding steroid dienone is 9. The van der Waals surface area contributed by atoms with Crippen molar-refractivity contribution in [3.05, 3.63) is 59.9 Å². The van der Waals surface area contributed by atoms with E-state index in [1.165, 1.54) is 17.0 Å². The van der Waals surface area contributed by atoms with Crippen molar-refractivity contribution in [3.63, 3.8) is 0 Å². The highest BCUT2D eigenvalue weighted by atomic mass is 79.9. The molecule has 80 valence electrons. The van der Waals surface area contributed by atoms with Crippen LogP contribution in [-0.2, 0) is 0 Å². The minimum Gasteiger partial charge on any atom is -0.259 e. The molecular weight excluding hydrogens is 262 g/mol. The van der Waals surface area contributed by atoms with Gasteiger partial charge in [0.15, 0.2) is 0 Å². The standard InChI is InChI=1S/C14H12BrN/c15-12-8-5-4-7-11-10-6-2-1-3-9-13(10)16-14(11)12/h1-8,11-12H,9H2. The van der Waals surface area contributed by atoms with Crippen molar-refractivity contribution in [1.82, 2.24) is 0 Å². The molecule has 16 heavy (non-hydrogen) atoms. The first-order chi connectivity index (χ1) is 7.86. The zero-order valence-electron chi connectivity index (χ0n) is 8.81. The number of aliphatic imine (C=N–C) groups is 1. The third kappa shape index (κ3) is 1.57. The first kappa shape index (κ1) is 10.0. The van der Waals surface area contributed by atoms with Gasteiger partial charge in [0.05, 0.1) is 4.83 Å². The Morgan fingerprint density at radius 3 is 2.94 bits per heavy atom. The Morgan fingerprint density at radius 1 is 1.12 bits per heavy atom. The summed E-state index contributed by atoms with van der Waals surface area (Å²) >= 11 is 3.67. The second-order valence-electron chi connectivity index (χ2n) is 4.08. The van der Waals surface area contributed by atoms with Crippen LogP contribution in [0.3, 0.4) is 0 Å². The van der Waals surface area contributed by atoms with Gasteiger partial charge in [-0.05, 0) is 5.57 Å². The molecule has 0 fully saturated rings. The largest absolute Gasteiger partial charge is 0.259 e. The molecule has 2 heteroatoms. The highest BCUT2D eigenvalue weighted by Gasteiger charge is 2.30. The maximum Gasteiger partial charge on any atom is 0.0721 e. The van der Waals surface area contributed by atoms with E-state index in [1.54, 1.807) is 0 Å². The molecular formula is C14H12BrN. The van der Waals surface area contributed by atoms with E-state index in [9.17, 15) is 0 Å². The third-order valence-electron chi connectivity index (χ3n) is 3.06. The van der Waals surface area contributed by atoms with Crippen molar-refractivity contribution >= 4 is 21.6 Å². The fourth-order valence-electron chi connectivity index (χ4n) is 2.28. The van der Waals surface area contributed by atoms with Gasteiger partial charge >= 0.3 is 0 Å². The van der Waals surface area contributed by atoms with Crippen LogP contribution in [0.4, 0.5) is 0 Å². The Labute approximate surface area is 104 Å². The van der Waals surface area contributed by atoms with Crippen LogP contribution in [0.1, 0.15) is 6.42 Å². The van der Waals surface area contributed by atoms with Crippen LogP contribution in [0, 0.1) is 5.92 Å². The zero-order valence-corrected chi connectivity index (χ0v) is 10.4. The van der Waals surface area contributed by atoms with Gasteiger partial charge < -0.3 is 0 Å². The van der Waals surface area contributed by atoms with E-state index in [1.807, 2.05) is 0 Å². The molecule has 0 aromatic heterocycles. The average Bonchev–Trinajstić information content (AvgIpc) is 2.47. The number of hydrogen-bond acceptors (Lipinski definition) is 1. The summed E-state index contributed by atoms with van der Waals surface area (Å²) < 4.78 is 0. The minimum atomic E-state index is 0.261. The summed E-state index contributed by atoms with van der Waals surface area (Å²) in [5.41, 5.74) is 3.79. The molecule has 0 aromatic carbocycles. The lowest BCUT2D eigenvalue weighted by molar-refractivity contribution is 1.06. The summed E-state index contributed by atoms with van der Waals surface area (Å²) in [7, 11) is 0. The molecule has 0 N–H and O–H groups in total. The van der Waals surface area contributed by atoms with E-state index >= 15 is 0 Å². The normalized spacial score (nSPS) is 30.9. The van der Waals surface area contributed by atoms with Crippen molar-refractivity contribution < 1.29 is 0 Å². The molecule has 0 amide bonds. The van der Waals surface area contributed by atoms with E-state index in [2.05, 4.69) is 64.5 Å². The lowest BCUT2D eigenvalue weighted by atomic mass is 9.93. The van der Waals surface area contributed by atoms with Gasteiger partial charge in [-0.2, -0.15) is 0 Å². The highest BCUT2D eigenvalue weighted by Crippen LogP contribution is 2.35. The monoisotopic (exact) mass is 273 g/mol. The molecule has 1 aliphatic heterocycles. The maximum absolute atomic E-state index is 4.78. The fraction of sp³-hybridized carbons (Fsp3) is 0.214. The number of halogens is 1. The quantitative estimate of drug-likeness (QED) is 0.597. The van der Waals surface area contributed by atoms with Gasteiger partial charge in [0.2, 0.25) is 0 Å². The number of nitrogens with zero attached hydrogens (tertiary/aromatic N) is 1. The molecule has 0 saturated carbocycles. The molecule has 1 heterocycles. The highest BCUT2D eigenvalue weighted by molar-refractivity contribution is 9.10. The SMILES string of the molecule is BrC1C=CC=CC2C1=NC1=C2C=CC=CC1. The summed E-state index contributed by atoms with van der Waals surface area (Å²) in [6, 6.07) is 0. The first-order valence-corrected chi connectivity index (χ1v) is 6.41. The molecule has 3 aliphatic rings. The van der Waals surface area contributed by atoms with Crippen molar-refractivity contribution in [2.45, 2.75) is 11.2 Å². The average molecular weight is 274 g/mol. The summed E-state index contributed by atoms with van der Waals surface area (Å²) in [5, 5.41) is 0. The predicted molar refractivity (Wildman–Crippen MR) is 71.8 cm³/mol. The zero-order chi connectivity index (χ0) is 11.0. The van der Waals surface area contributed by atoms with Crippen molar-refractivity contribution in [2.75, 3.05) is 0 Å². The molecule has 0 spiro atoms. The van der Waals surface area contributed by atoms with Crippen LogP contribution >= 0.6 is 15.9 Å². The van der Waals surface area contributed by atoms with Gasteiger partial charge in [-0.1, -0.05) is 64.5 Å². The van der Waals surface area contributed by atoms with Crippen LogP contribution in [0.5, 0.6) is 0 Å². The van der Waals surface area contributed by atoms with Gasteiger partial charge in [0.25, 0.3) is 0 Å². The second-order valence-corrected chi connectivity index (χ2v) is 5.07. The fourth-order valence-corrected chi connectivity index (χ4v) is 2.84. The smallest absolute Gasteiger partial charge is 0.0721 e. The molecule has 2 atom stereocenters. The van der Waals surface area contributed by atoms with Gasteiger partial charge in [-0.25, -0.2) is 0 Å². The first-order valence-electron chi connectivity index (χ1n) is 5.50. The second kappa shape index (κ2) is 4.02. The van der Waals surface area contributed by atoms with E-state index in [0.717, 1.165) is 6.42 Å². The summed E-state index contributed by atoms with van der Waals surface area (Å²) in [5.74, 6) is 0.352. The Balaban J connectivity index is 2.05. The Morgan fingerprint density at radius 2 is 2.00 bits per heavy atom. The minimum absolute atomic E-state index is 0.261.